The minimum Gasteiger partial charge on any atom is -0.350 e. The Balaban J connectivity index is 1.77. The van der Waals surface area contributed by atoms with E-state index in [1.165, 1.54) is 7.11 Å². The Morgan fingerprint density at radius 2 is 1.88 bits per heavy atom. The van der Waals surface area contributed by atoms with Gasteiger partial charge >= 0.3 is 0 Å². The van der Waals surface area contributed by atoms with Crippen molar-refractivity contribution in [1.29, 1.82) is 0 Å². The van der Waals surface area contributed by atoms with Gasteiger partial charge in [0.15, 0.2) is 12.4 Å². The summed E-state index contributed by atoms with van der Waals surface area (Å²) in [5, 5.41) is 4.93. The molecule has 0 bridgehead atoms. The molecular formula is C26H28ClN3O3P+. The molecule has 2 aromatic heterocycles. The fourth-order valence-corrected chi connectivity index (χ4v) is 6.80. The van der Waals surface area contributed by atoms with Crippen molar-refractivity contribution in [3.63, 3.8) is 0 Å². The molecule has 2 heterocycles. The van der Waals surface area contributed by atoms with Gasteiger partial charge in [-0.2, -0.15) is 0 Å². The van der Waals surface area contributed by atoms with Gasteiger partial charge in [0.05, 0.1) is 5.30 Å². The minimum atomic E-state index is -3.62. The van der Waals surface area contributed by atoms with Gasteiger partial charge < -0.3 is 14.8 Å². The maximum absolute atomic E-state index is 14.5. The number of fused-ring (bicyclic) bond motifs is 1. The van der Waals surface area contributed by atoms with Gasteiger partial charge in [0.25, 0.3) is 13.3 Å². The number of aryl methyl sites for hydroxylation is 3. The lowest BCUT2D eigenvalue weighted by molar-refractivity contribution is -0.671. The average Bonchev–Trinajstić information content (AvgIpc) is 3.17. The molecule has 1 amide bonds. The SMILES string of the molecule is COP(=O)(c1cc(C)cc(C)c1)c1c(C(=O)NCCc2ccc[n+](C)c2)[nH]c2ccc(Cl)cc12. The summed E-state index contributed by atoms with van der Waals surface area (Å²) in [6.45, 7) is 4.32. The van der Waals surface area contributed by atoms with E-state index in [1.807, 2.05) is 68.2 Å². The second-order valence-electron chi connectivity index (χ2n) is 8.50. The normalized spacial score (nSPS) is 13.1. The molecule has 0 fully saturated rings. The Bertz CT molecular complexity index is 1410. The van der Waals surface area contributed by atoms with E-state index >= 15 is 0 Å². The first kappa shape index (κ1) is 24.2. The van der Waals surface area contributed by atoms with Gasteiger partial charge in [0, 0.05) is 46.5 Å². The molecule has 1 unspecified atom stereocenters. The molecule has 2 aromatic carbocycles. The second kappa shape index (κ2) is 9.75. The van der Waals surface area contributed by atoms with E-state index in [9.17, 15) is 9.36 Å². The summed E-state index contributed by atoms with van der Waals surface area (Å²) in [5.74, 6) is -0.343. The number of nitrogens with one attached hydrogen (secondary N) is 2. The molecule has 0 saturated carbocycles. The highest BCUT2D eigenvalue weighted by atomic mass is 35.5. The number of aromatic nitrogens is 2. The van der Waals surface area contributed by atoms with Crippen LogP contribution in [0.1, 0.15) is 27.2 Å². The fraction of sp³-hybridized carbons (Fsp3) is 0.231. The number of halogens is 1. The van der Waals surface area contributed by atoms with Gasteiger partial charge in [-0.25, -0.2) is 4.57 Å². The Morgan fingerprint density at radius 3 is 2.56 bits per heavy atom. The number of H-pyrrole nitrogens is 1. The second-order valence-corrected chi connectivity index (χ2v) is 11.4. The first-order valence-electron chi connectivity index (χ1n) is 11.0. The van der Waals surface area contributed by atoms with Gasteiger partial charge in [-0.3, -0.25) is 9.36 Å². The number of nitrogens with zero attached hydrogens (tertiary/aromatic N) is 1. The van der Waals surface area contributed by atoms with Crippen molar-refractivity contribution in [2.45, 2.75) is 20.3 Å². The van der Waals surface area contributed by atoms with Crippen molar-refractivity contribution in [1.82, 2.24) is 10.3 Å². The van der Waals surface area contributed by atoms with Crippen LogP contribution in [0.4, 0.5) is 0 Å². The van der Waals surface area contributed by atoms with Crippen LogP contribution in [0.3, 0.4) is 0 Å². The van der Waals surface area contributed by atoms with Crippen LogP contribution in [-0.2, 0) is 22.6 Å². The number of amides is 1. The molecule has 0 spiro atoms. The van der Waals surface area contributed by atoms with Gasteiger partial charge in [0.2, 0.25) is 0 Å². The molecule has 176 valence electrons. The van der Waals surface area contributed by atoms with Crippen molar-refractivity contribution in [3.8, 4) is 0 Å². The lowest BCUT2D eigenvalue weighted by Gasteiger charge is -2.19. The molecular weight excluding hydrogens is 469 g/mol. The number of benzene rings is 2. The van der Waals surface area contributed by atoms with Crippen molar-refractivity contribution in [3.05, 3.63) is 88.3 Å². The van der Waals surface area contributed by atoms with Crippen molar-refractivity contribution in [2.75, 3.05) is 13.7 Å². The number of carbonyl (C=O) groups excluding carboxylic acids is 1. The summed E-state index contributed by atoms with van der Waals surface area (Å²) in [4.78, 5) is 16.5. The van der Waals surface area contributed by atoms with E-state index in [2.05, 4.69) is 10.3 Å². The van der Waals surface area contributed by atoms with Crippen molar-refractivity contribution in [2.24, 2.45) is 7.05 Å². The molecule has 0 saturated heterocycles. The van der Waals surface area contributed by atoms with E-state index < -0.39 is 7.37 Å². The van der Waals surface area contributed by atoms with E-state index in [4.69, 9.17) is 16.1 Å². The molecule has 34 heavy (non-hydrogen) atoms. The third-order valence-corrected chi connectivity index (χ3v) is 8.50. The topological polar surface area (TPSA) is 75.1 Å². The maximum Gasteiger partial charge on any atom is 0.268 e. The molecule has 1 atom stereocenters. The molecule has 6 nitrogen and oxygen atoms in total. The first-order chi connectivity index (χ1) is 16.2. The number of aromatic amines is 1. The monoisotopic (exact) mass is 496 g/mol. The molecule has 0 aliphatic carbocycles. The van der Waals surface area contributed by atoms with Crippen LogP contribution in [0, 0.1) is 13.8 Å². The van der Waals surface area contributed by atoms with Crippen LogP contribution in [0.5, 0.6) is 0 Å². The van der Waals surface area contributed by atoms with Crippen LogP contribution in [0.2, 0.25) is 5.02 Å². The number of hydrogen-bond donors (Lipinski definition) is 2. The quantitative estimate of drug-likeness (QED) is 0.299. The van der Waals surface area contributed by atoms with Gasteiger partial charge in [-0.1, -0.05) is 28.8 Å². The van der Waals surface area contributed by atoms with Crippen LogP contribution in [0.25, 0.3) is 10.9 Å². The number of pyridine rings is 1. The zero-order valence-electron chi connectivity index (χ0n) is 19.7. The highest BCUT2D eigenvalue weighted by molar-refractivity contribution is 7.75. The molecule has 0 radical (unpaired) electrons. The largest absolute Gasteiger partial charge is 0.350 e. The van der Waals surface area contributed by atoms with E-state index in [-0.39, 0.29) is 11.6 Å². The van der Waals surface area contributed by atoms with Gasteiger partial charge in [-0.15, -0.1) is 0 Å². The maximum atomic E-state index is 14.5. The number of hydrogen-bond acceptors (Lipinski definition) is 3. The van der Waals surface area contributed by atoms with E-state index in [0.29, 0.717) is 39.5 Å². The van der Waals surface area contributed by atoms with Crippen molar-refractivity contribution >= 4 is 46.4 Å². The Morgan fingerprint density at radius 1 is 1.15 bits per heavy atom. The molecule has 2 N–H and O–H groups in total. The lowest BCUT2D eigenvalue weighted by atomic mass is 10.2. The van der Waals surface area contributed by atoms with Crippen LogP contribution in [0.15, 0.2) is 60.9 Å². The Hall–Kier alpha value is -2.92. The summed E-state index contributed by atoms with van der Waals surface area (Å²) in [7, 11) is -0.246. The average molecular weight is 497 g/mol. The predicted octanol–water partition coefficient (Wildman–Crippen LogP) is 4.11. The molecule has 0 aliphatic heterocycles. The summed E-state index contributed by atoms with van der Waals surface area (Å²) >= 11 is 6.29. The highest BCUT2D eigenvalue weighted by Crippen LogP contribution is 2.47. The number of carbonyl (C=O) groups is 1. The third-order valence-electron chi connectivity index (χ3n) is 5.76. The summed E-state index contributed by atoms with van der Waals surface area (Å²) in [6, 6.07) is 14.9. The zero-order valence-corrected chi connectivity index (χ0v) is 21.3. The molecule has 4 rings (SSSR count). The van der Waals surface area contributed by atoms with Crippen molar-refractivity contribution < 1.29 is 18.5 Å². The lowest BCUT2D eigenvalue weighted by Crippen LogP contribution is -2.32. The molecule has 8 heteroatoms. The van der Waals surface area contributed by atoms with Crippen LogP contribution >= 0.6 is 19.0 Å². The zero-order chi connectivity index (χ0) is 24.5. The molecule has 0 aliphatic rings. The fourth-order valence-electron chi connectivity index (χ4n) is 4.27. The van der Waals surface area contributed by atoms with Crippen LogP contribution < -0.4 is 20.5 Å². The van der Waals surface area contributed by atoms with E-state index in [1.54, 1.807) is 18.2 Å². The van der Waals surface area contributed by atoms with Gasteiger partial charge in [-0.05, 0) is 56.7 Å². The van der Waals surface area contributed by atoms with Crippen LogP contribution in [-0.4, -0.2) is 24.5 Å². The standard InChI is InChI=1S/C26H27ClN3O3P/c1-17-12-18(2)14-21(13-17)34(32,33-4)25-22-15-20(27)7-8-23(22)29-24(25)26(31)28-10-9-19-6-5-11-30(3)16-19/h5-8,11-16H,9-10H2,1-4H3,(H-,28,29,31,32)/p+1. The highest BCUT2D eigenvalue weighted by Gasteiger charge is 2.36. The first-order valence-corrected chi connectivity index (χ1v) is 13.0. The summed E-state index contributed by atoms with van der Waals surface area (Å²) in [5.41, 5.74) is 3.92. The number of rotatable bonds is 7. The van der Waals surface area contributed by atoms with E-state index in [0.717, 1.165) is 16.7 Å². The Kier molecular flexibility index (Phi) is 6.94. The summed E-state index contributed by atoms with van der Waals surface area (Å²) < 4.78 is 22.1. The Labute approximate surface area is 204 Å². The summed E-state index contributed by atoms with van der Waals surface area (Å²) in [6.07, 6.45) is 4.64. The predicted molar refractivity (Wildman–Crippen MR) is 137 cm³/mol. The molecule has 4 aromatic rings. The smallest absolute Gasteiger partial charge is 0.268 e. The van der Waals surface area contributed by atoms with Gasteiger partial charge in [0.1, 0.15) is 12.7 Å². The minimum absolute atomic E-state index is 0.222. The third kappa shape index (κ3) is 4.80.